The molecular weight excluding hydrogens is 319 g/mol. The minimum atomic E-state index is -0.841. The topological polar surface area (TPSA) is 73.4 Å². The van der Waals surface area contributed by atoms with Gasteiger partial charge in [-0.25, -0.2) is 4.39 Å². The number of aromatic nitrogens is 1. The average molecular weight is 338 g/mol. The third-order valence-electron chi connectivity index (χ3n) is 3.40. The quantitative estimate of drug-likeness (QED) is 0.776. The van der Waals surface area contributed by atoms with Gasteiger partial charge in [0.25, 0.3) is 0 Å². The molecule has 0 radical (unpaired) electrons. The van der Waals surface area contributed by atoms with Crippen LogP contribution >= 0.6 is 11.3 Å². The Balaban J connectivity index is 2.22. The average Bonchev–Trinajstić information content (AvgIpc) is 2.86. The summed E-state index contributed by atoms with van der Waals surface area (Å²) in [5.74, 6) is -1.17. The van der Waals surface area contributed by atoms with Crippen molar-refractivity contribution in [1.29, 1.82) is 0 Å². The molecule has 2 rings (SSSR count). The SMILES string of the molecule is CCCN(CCC(=O)O)Cc1sc(=O)[nH]c1-c1ccc(F)cc1. The number of halogens is 1. The Morgan fingerprint density at radius 3 is 2.61 bits per heavy atom. The van der Waals surface area contributed by atoms with E-state index in [1.54, 1.807) is 12.1 Å². The summed E-state index contributed by atoms with van der Waals surface area (Å²) >= 11 is 1.11. The van der Waals surface area contributed by atoms with Crippen molar-refractivity contribution in [2.45, 2.75) is 26.3 Å². The van der Waals surface area contributed by atoms with Crippen LogP contribution in [0.15, 0.2) is 29.1 Å². The second-order valence-electron chi connectivity index (χ2n) is 5.24. The van der Waals surface area contributed by atoms with E-state index in [1.807, 2.05) is 11.8 Å². The molecule has 0 saturated heterocycles. The zero-order valence-electron chi connectivity index (χ0n) is 12.8. The molecule has 0 bridgehead atoms. The van der Waals surface area contributed by atoms with E-state index in [0.29, 0.717) is 18.8 Å². The van der Waals surface area contributed by atoms with Gasteiger partial charge in [-0.1, -0.05) is 18.3 Å². The number of nitrogens with zero attached hydrogens (tertiary/aromatic N) is 1. The van der Waals surface area contributed by atoms with E-state index in [4.69, 9.17) is 5.11 Å². The van der Waals surface area contributed by atoms with Crippen molar-refractivity contribution in [3.05, 3.63) is 44.6 Å². The van der Waals surface area contributed by atoms with Gasteiger partial charge >= 0.3 is 10.8 Å². The van der Waals surface area contributed by atoms with Crippen molar-refractivity contribution in [1.82, 2.24) is 9.88 Å². The molecule has 2 aromatic rings. The van der Waals surface area contributed by atoms with Crippen LogP contribution in [-0.4, -0.2) is 34.0 Å². The minimum Gasteiger partial charge on any atom is -0.481 e. The Morgan fingerprint density at radius 2 is 2.00 bits per heavy atom. The van der Waals surface area contributed by atoms with Crippen LogP contribution < -0.4 is 4.87 Å². The Morgan fingerprint density at radius 1 is 1.30 bits per heavy atom. The number of benzene rings is 1. The lowest BCUT2D eigenvalue weighted by Crippen LogP contribution is -2.26. The maximum atomic E-state index is 13.1. The van der Waals surface area contributed by atoms with Gasteiger partial charge in [-0.15, -0.1) is 0 Å². The Labute approximate surface area is 137 Å². The molecule has 0 unspecified atom stereocenters. The van der Waals surface area contributed by atoms with E-state index in [1.165, 1.54) is 12.1 Å². The lowest BCUT2D eigenvalue weighted by atomic mass is 10.1. The van der Waals surface area contributed by atoms with Gasteiger partial charge in [-0.05, 0) is 42.8 Å². The molecule has 5 nitrogen and oxygen atoms in total. The molecule has 0 amide bonds. The lowest BCUT2D eigenvalue weighted by Gasteiger charge is -2.20. The number of hydrogen-bond acceptors (Lipinski definition) is 4. The maximum absolute atomic E-state index is 13.1. The van der Waals surface area contributed by atoms with Crippen LogP contribution in [0, 0.1) is 5.82 Å². The van der Waals surface area contributed by atoms with E-state index in [0.717, 1.165) is 34.7 Å². The number of aromatic amines is 1. The Kier molecular flexibility index (Phi) is 6.06. The van der Waals surface area contributed by atoms with Crippen LogP contribution in [0.5, 0.6) is 0 Å². The van der Waals surface area contributed by atoms with Gasteiger partial charge in [-0.2, -0.15) is 0 Å². The Bertz CT molecular complexity index is 709. The molecule has 0 spiro atoms. The van der Waals surface area contributed by atoms with Crippen LogP contribution in [0.4, 0.5) is 4.39 Å². The fraction of sp³-hybridized carbons (Fsp3) is 0.375. The molecule has 124 valence electrons. The van der Waals surface area contributed by atoms with Crippen molar-refractivity contribution in [2.75, 3.05) is 13.1 Å². The number of thiazole rings is 1. The third kappa shape index (κ3) is 5.01. The standard InChI is InChI=1S/C16H19FN2O3S/c1-2-8-19(9-7-14(20)21)10-13-15(18-16(22)23-13)11-3-5-12(17)6-4-11/h3-6H,2,7-10H2,1H3,(H,18,22)(H,20,21). The highest BCUT2D eigenvalue weighted by Crippen LogP contribution is 2.25. The number of carboxylic acid groups (broad SMARTS) is 1. The first-order valence-electron chi connectivity index (χ1n) is 7.41. The summed E-state index contributed by atoms with van der Waals surface area (Å²) in [6.45, 7) is 3.70. The van der Waals surface area contributed by atoms with E-state index in [-0.39, 0.29) is 17.1 Å². The van der Waals surface area contributed by atoms with Gasteiger partial charge in [0.1, 0.15) is 5.82 Å². The molecule has 0 aliphatic rings. The van der Waals surface area contributed by atoms with Crippen LogP contribution in [0.1, 0.15) is 24.6 Å². The summed E-state index contributed by atoms with van der Waals surface area (Å²) in [5, 5.41) is 8.84. The van der Waals surface area contributed by atoms with Gasteiger partial charge < -0.3 is 10.1 Å². The second kappa shape index (κ2) is 8.03. The van der Waals surface area contributed by atoms with Crippen molar-refractivity contribution >= 4 is 17.3 Å². The Hall–Kier alpha value is -1.99. The zero-order chi connectivity index (χ0) is 16.8. The van der Waals surface area contributed by atoms with Crippen LogP contribution in [0.25, 0.3) is 11.3 Å². The molecule has 0 saturated carbocycles. The fourth-order valence-corrected chi connectivity index (χ4v) is 3.26. The van der Waals surface area contributed by atoms with Gasteiger partial charge in [-0.3, -0.25) is 14.5 Å². The van der Waals surface area contributed by atoms with E-state index < -0.39 is 5.97 Å². The molecular formula is C16H19FN2O3S. The van der Waals surface area contributed by atoms with Gasteiger partial charge in [0.2, 0.25) is 0 Å². The number of aliphatic carboxylic acids is 1. The van der Waals surface area contributed by atoms with Gasteiger partial charge in [0.05, 0.1) is 12.1 Å². The number of rotatable bonds is 8. The molecule has 0 fully saturated rings. The zero-order valence-corrected chi connectivity index (χ0v) is 13.7. The van der Waals surface area contributed by atoms with E-state index in [9.17, 15) is 14.0 Å². The highest BCUT2D eigenvalue weighted by Gasteiger charge is 2.15. The number of hydrogen-bond donors (Lipinski definition) is 2. The first kappa shape index (κ1) is 17.4. The first-order chi connectivity index (χ1) is 11.0. The minimum absolute atomic E-state index is 0.0607. The molecule has 1 aromatic heterocycles. The summed E-state index contributed by atoms with van der Waals surface area (Å²) in [4.78, 5) is 28.0. The molecule has 2 N–H and O–H groups in total. The third-order valence-corrected chi connectivity index (χ3v) is 4.27. The normalized spacial score (nSPS) is 11.1. The summed E-state index contributed by atoms with van der Waals surface area (Å²) in [5.41, 5.74) is 1.42. The van der Waals surface area contributed by atoms with Crippen molar-refractivity contribution in [2.24, 2.45) is 0 Å². The summed E-state index contributed by atoms with van der Waals surface area (Å²) in [7, 11) is 0. The number of nitrogens with one attached hydrogen (secondary N) is 1. The number of H-pyrrole nitrogens is 1. The molecule has 1 heterocycles. The largest absolute Gasteiger partial charge is 0.481 e. The maximum Gasteiger partial charge on any atom is 0.305 e. The fourth-order valence-electron chi connectivity index (χ4n) is 2.36. The molecule has 1 aromatic carbocycles. The predicted octanol–water partition coefficient (Wildman–Crippen LogP) is 2.93. The van der Waals surface area contributed by atoms with Crippen LogP contribution in [0.3, 0.4) is 0 Å². The van der Waals surface area contributed by atoms with Crippen molar-refractivity contribution in [3.8, 4) is 11.3 Å². The van der Waals surface area contributed by atoms with E-state index in [2.05, 4.69) is 4.98 Å². The molecule has 23 heavy (non-hydrogen) atoms. The predicted molar refractivity (Wildman–Crippen MR) is 88.2 cm³/mol. The van der Waals surface area contributed by atoms with Gasteiger partial charge in [0, 0.05) is 18.0 Å². The number of carbonyl (C=O) groups is 1. The molecule has 0 aliphatic heterocycles. The monoisotopic (exact) mass is 338 g/mol. The molecule has 0 atom stereocenters. The molecule has 0 aliphatic carbocycles. The van der Waals surface area contributed by atoms with Crippen LogP contribution in [-0.2, 0) is 11.3 Å². The van der Waals surface area contributed by atoms with Gasteiger partial charge in [0.15, 0.2) is 0 Å². The second-order valence-corrected chi connectivity index (χ2v) is 6.31. The highest BCUT2D eigenvalue weighted by molar-refractivity contribution is 7.09. The first-order valence-corrected chi connectivity index (χ1v) is 8.23. The smallest absolute Gasteiger partial charge is 0.305 e. The lowest BCUT2D eigenvalue weighted by molar-refractivity contribution is -0.137. The summed E-state index contributed by atoms with van der Waals surface area (Å²) in [6.07, 6.45) is 0.954. The van der Waals surface area contributed by atoms with E-state index >= 15 is 0 Å². The molecule has 7 heteroatoms. The highest BCUT2D eigenvalue weighted by atomic mass is 32.1. The number of carboxylic acids is 1. The van der Waals surface area contributed by atoms with Crippen LogP contribution in [0.2, 0.25) is 0 Å². The summed E-state index contributed by atoms with van der Waals surface area (Å²) in [6, 6.07) is 5.95. The summed E-state index contributed by atoms with van der Waals surface area (Å²) < 4.78 is 13.1. The van der Waals surface area contributed by atoms with Crippen molar-refractivity contribution in [3.63, 3.8) is 0 Å². The van der Waals surface area contributed by atoms with Crippen molar-refractivity contribution < 1.29 is 14.3 Å².